The normalized spacial score (nSPS) is 10.1. The predicted molar refractivity (Wildman–Crippen MR) is 77.1 cm³/mol. The number of nitrogens with two attached hydrogens (primary N) is 2. The summed E-state index contributed by atoms with van der Waals surface area (Å²) in [5.74, 6) is 1.09. The number of amides is 1. The Morgan fingerprint density at radius 2 is 1.75 bits per heavy atom. The molecule has 0 aliphatic carbocycles. The number of ether oxygens (including phenoxy) is 2. The third kappa shape index (κ3) is 3.20. The average Bonchev–Trinajstić information content (AvgIpc) is 2.41. The summed E-state index contributed by atoms with van der Waals surface area (Å²) in [5, 5.41) is 0. The Kier molecular flexibility index (Phi) is 4.10. The second-order valence-corrected chi connectivity index (χ2v) is 4.13. The van der Waals surface area contributed by atoms with Gasteiger partial charge < -0.3 is 20.9 Å². The standard InChI is InChI=1S/C15H16N2O3/c1-2-19-11-4-6-12(7-5-11)20-14-9-10(16)3-8-13(14)15(17)18/h3-9H,2,16H2,1H3,(H2,17,18). The first-order valence-corrected chi connectivity index (χ1v) is 6.20. The molecule has 0 bridgehead atoms. The predicted octanol–water partition coefficient (Wildman–Crippen LogP) is 2.56. The molecular formula is C15H16N2O3. The van der Waals surface area contributed by atoms with E-state index in [4.69, 9.17) is 20.9 Å². The molecule has 2 rings (SSSR count). The van der Waals surface area contributed by atoms with Crippen molar-refractivity contribution < 1.29 is 14.3 Å². The SMILES string of the molecule is CCOc1ccc(Oc2cc(N)ccc2C(N)=O)cc1. The summed E-state index contributed by atoms with van der Waals surface area (Å²) in [6.45, 7) is 2.51. The Morgan fingerprint density at radius 1 is 1.10 bits per heavy atom. The second-order valence-electron chi connectivity index (χ2n) is 4.13. The van der Waals surface area contributed by atoms with E-state index in [2.05, 4.69) is 0 Å². The van der Waals surface area contributed by atoms with Gasteiger partial charge in [0.25, 0.3) is 5.91 Å². The van der Waals surface area contributed by atoms with Crippen molar-refractivity contribution in [3.8, 4) is 17.2 Å². The number of anilines is 1. The van der Waals surface area contributed by atoms with Crippen LogP contribution in [0.4, 0.5) is 5.69 Å². The molecule has 0 unspecified atom stereocenters. The van der Waals surface area contributed by atoms with Crippen LogP contribution in [-0.4, -0.2) is 12.5 Å². The van der Waals surface area contributed by atoms with Crippen molar-refractivity contribution in [3.05, 3.63) is 48.0 Å². The lowest BCUT2D eigenvalue weighted by Crippen LogP contribution is -2.12. The molecule has 1 amide bonds. The van der Waals surface area contributed by atoms with Gasteiger partial charge in [-0.15, -0.1) is 0 Å². The van der Waals surface area contributed by atoms with Gasteiger partial charge >= 0.3 is 0 Å². The number of carbonyl (C=O) groups is 1. The molecular weight excluding hydrogens is 256 g/mol. The zero-order chi connectivity index (χ0) is 14.5. The van der Waals surface area contributed by atoms with Crippen LogP contribution in [0.2, 0.25) is 0 Å². The molecule has 20 heavy (non-hydrogen) atoms. The molecule has 0 heterocycles. The molecule has 104 valence electrons. The highest BCUT2D eigenvalue weighted by molar-refractivity contribution is 5.96. The van der Waals surface area contributed by atoms with Crippen molar-refractivity contribution in [3.63, 3.8) is 0 Å². The highest BCUT2D eigenvalue weighted by atomic mass is 16.5. The molecule has 2 aromatic rings. The first kappa shape index (κ1) is 13.7. The summed E-state index contributed by atoms with van der Waals surface area (Å²) in [4.78, 5) is 11.3. The fraction of sp³-hybridized carbons (Fsp3) is 0.133. The number of hydrogen-bond acceptors (Lipinski definition) is 4. The number of rotatable bonds is 5. The van der Waals surface area contributed by atoms with Crippen molar-refractivity contribution >= 4 is 11.6 Å². The van der Waals surface area contributed by atoms with Gasteiger partial charge in [0.1, 0.15) is 17.2 Å². The van der Waals surface area contributed by atoms with E-state index in [0.717, 1.165) is 5.75 Å². The molecule has 0 radical (unpaired) electrons. The van der Waals surface area contributed by atoms with Crippen molar-refractivity contribution in [1.29, 1.82) is 0 Å². The summed E-state index contributed by atoms with van der Waals surface area (Å²) in [5.41, 5.74) is 11.8. The van der Waals surface area contributed by atoms with Gasteiger partial charge in [-0.25, -0.2) is 0 Å². The summed E-state index contributed by atoms with van der Waals surface area (Å²) < 4.78 is 11.0. The van der Waals surface area contributed by atoms with E-state index in [-0.39, 0.29) is 5.56 Å². The Morgan fingerprint density at radius 3 is 2.35 bits per heavy atom. The van der Waals surface area contributed by atoms with Crippen LogP contribution in [0.5, 0.6) is 17.2 Å². The van der Waals surface area contributed by atoms with Crippen LogP contribution >= 0.6 is 0 Å². The second kappa shape index (κ2) is 5.97. The number of nitrogen functional groups attached to an aromatic ring is 1. The van der Waals surface area contributed by atoms with Crippen molar-refractivity contribution in [2.24, 2.45) is 5.73 Å². The van der Waals surface area contributed by atoms with E-state index >= 15 is 0 Å². The first-order valence-electron chi connectivity index (χ1n) is 6.20. The average molecular weight is 272 g/mol. The molecule has 4 N–H and O–H groups in total. The molecule has 0 spiro atoms. The maximum absolute atomic E-state index is 11.3. The molecule has 2 aromatic carbocycles. The fourth-order valence-electron chi connectivity index (χ4n) is 1.72. The van der Waals surface area contributed by atoms with Gasteiger partial charge in [0.05, 0.1) is 12.2 Å². The van der Waals surface area contributed by atoms with Crippen LogP contribution in [0.1, 0.15) is 17.3 Å². The van der Waals surface area contributed by atoms with Crippen molar-refractivity contribution in [2.45, 2.75) is 6.92 Å². The largest absolute Gasteiger partial charge is 0.494 e. The van der Waals surface area contributed by atoms with Gasteiger partial charge in [-0.2, -0.15) is 0 Å². The topological polar surface area (TPSA) is 87.6 Å². The monoisotopic (exact) mass is 272 g/mol. The highest BCUT2D eigenvalue weighted by Crippen LogP contribution is 2.28. The number of hydrogen-bond donors (Lipinski definition) is 2. The minimum Gasteiger partial charge on any atom is -0.494 e. The van der Waals surface area contributed by atoms with Gasteiger partial charge in [0, 0.05) is 11.8 Å². The van der Waals surface area contributed by atoms with E-state index in [9.17, 15) is 4.79 Å². The van der Waals surface area contributed by atoms with Gasteiger partial charge in [-0.05, 0) is 43.3 Å². The van der Waals surface area contributed by atoms with Crippen LogP contribution in [0.15, 0.2) is 42.5 Å². The minimum atomic E-state index is -0.564. The molecule has 0 aliphatic heterocycles. The van der Waals surface area contributed by atoms with Gasteiger partial charge in [0.2, 0.25) is 0 Å². The third-order valence-corrected chi connectivity index (χ3v) is 2.63. The van der Waals surface area contributed by atoms with Crippen LogP contribution in [0.25, 0.3) is 0 Å². The zero-order valence-corrected chi connectivity index (χ0v) is 11.1. The van der Waals surface area contributed by atoms with Gasteiger partial charge in [-0.3, -0.25) is 4.79 Å². The fourth-order valence-corrected chi connectivity index (χ4v) is 1.72. The van der Waals surface area contributed by atoms with Crippen LogP contribution < -0.4 is 20.9 Å². The molecule has 0 saturated heterocycles. The Bertz CT molecular complexity index is 609. The minimum absolute atomic E-state index is 0.285. The van der Waals surface area contributed by atoms with Crippen LogP contribution in [-0.2, 0) is 0 Å². The molecule has 0 aromatic heterocycles. The van der Waals surface area contributed by atoms with Gasteiger partial charge in [-0.1, -0.05) is 0 Å². The van der Waals surface area contributed by atoms with E-state index in [1.807, 2.05) is 6.92 Å². The van der Waals surface area contributed by atoms with Crippen molar-refractivity contribution in [1.82, 2.24) is 0 Å². The molecule has 0 aliphatic rings. The molecule has 0 atom stereocenters. The maximum Gasteiger partial charge on any atom is 0.252 e. The van der Waals surface area contributed by atoms with Crippen LogP contribution in [0, 0.1) is 0 Å². The molecule has 0 saturated carbocycles. The lowest BCUT2D eigenvalue weighted by molar-refractivity contribution is 0.0998. The van der Waals surface area contributed by atoms with Crippen LogP contribution in [0.3, 0.4) is 0 Å². The summed E-state index contributed by atoms with van der Waals surface area (Å²) in [6, 6.07) is 11.8. The lowest BCUT2D eigenvalue weighted by atomic mass is 10.1. The molecule has 0 fully saturated rings. The highest BCUT2D eigenvalue weighted by Gasteiger charge is 2.10. The zero-order valence-electron chi connectivity index (χ0n) is 11.1. The molecule has 5 heteroatoms. The summed E-state index contributed by atoms with van der Waals surface area (Å²) >= 11 is 0. The summed E-state index contributed by atoms with van der Waals surface area (Å²) in [6.07, 6.45) is 0. The third-order valence-electron chi connectivity index (χ3n) is 2.63. The lowest BCUT2D eigenvalue weighted by Gasteiger charge is -2.10. The van der Waals surface area contributed by atoms with E-state index in [1.54, 1.807) is 42.5 Å². The maximum atomic E-state index is 11.3. The van der Waals surface area contributed by atoms with Gasteiger partial charge in [0.15, 0.2) is 0 Å². The number of benzene rings is 2. The Balaban J connectivity index is 2.25. The number of primary amides is 1. The quantitative estimate of drug-likeness (QED) is 0.819. The number of carbonyl (C=O) groups excluding carboxylic acids is 1. The van der Waals surface area contributed by atoms with E-state index in [0.29, 0.717) is 23.8 Å². The first-order chi connectivity index (χ1) is 9.60. The Hall–Kier alpha value is -2.69. The summed E-state index contributed by atoms with van der Waals surface area (Å²) in [7, 11) is 0. The smallest absolute Gasteiger partial charge is 0.252 e. The van der Waals surface area contributed by atoms with E-state index in [1.165, 1.54) is 0 Å². The van der Waals surface area contributed by atoms with E-state index < -0.39 is 5.91 Å². The Labute approximate surface area is 117 Å². The van der Waals surface area contributed by atoms with Crippen molar-refractivity contribution in [2.75, 3.05) is 12.3 Å². The molecule has 5 nitrogen and oxygen atoms in total.